The summed E-state index contributed by atoms with van der Waals surface area (Å²) in [6.07, 6.45) is 2.24. The van der Waals surface area contributed by atoms with Gasteiger partial charge in [-0.15, -0.1) is 0 Å². The van der Waals surface area contributed by atoms with Crippen molar-refractivity contribution < 1.29 is 14.6 Å². The first-order valence-electron chi connectivity index (χ1n) is 5.32. The van der Waals surface area contributed by atoms with Crippen molar-refractivity contribution in [2.75, 3.05) is 6.61 Å². The van der Waals surface area contributed by atoms with E-state index >= 15 is 0 Å². The van der Waals surface area contributed by atoms with Crippen LogP contribution >= 0.6 is 0 Å². The number of Topliss-reactive ketones (excluding diaryl/α,β-unsaturated/α-hetero) is 1. The maximum atomic E-state index is 11.6. The average molecular weight is 198 g/mol. The summed E-state index contributed by atoms with van der Waals surface area (Å²) in [4.78, 5) is 11.6. The van der Waals surface area contributed by atoms with Crippen molar-refractivity contribution in [1.82, 2.24) is 0 Å². The number of hydrogen-bond donors (Lipinski definition) is 1. The number of aliphatic hydroxyl groups excluding tert-OH is 1. The van der Waals surface area contributed by atoms with Gasteiger partial charge in [-0.2, -0.15) is 0 Å². The van der Waals surface area contributed by atoms with Gasteiger partial charge in [0.2, 0.25) is 0 Å². The van der Waals surface area contributed by atoms with E-state index in [-0.39, 0.29) is 11.5 Å². The third kappa shape index (κ3) is 1.39. The lowest BCUT2D eigenvalue weighted by molar-refractivity contribution is -0.147. The molecular weight excluding hydrogens is 180 g/mol. The van der Waals surface area contributed by atoms with Crippen LogP contribution in [0, 0.1) is 5.41 Å². The Balaban J connectivity index is 2.20. The minimum absolute atomic E-state index is 0.297. The van der Waals surface area contributed by atoms with Crippen molar-refractivity contribution in [3.8, 4) is 0 Å². The number of rotatable bonds is 0. The first-order valence-corrected chi connectivity index (χ1v) is 5.32. The van der Waals surface area contributed by atoms with Crippen LogP contribution in [-0.2, 0) is 9.53 Å². The lowest BCUT2D eigenvalue weighted by Crippen LogP contribution is -2.49. The highest BCUT2D eigenvalue weighted by Gasteiger charge is 2.51. The third-order valence-corrected chi connectivity index (χ3v) is 3.66. The second-order valence-corrected chi connectivity index (χ2v) is 5.20. The summed E-state index contributed by atoms with van der Waals surface area (Å²) in [5, 5.41) is 9.89. The molecule has 1 saturated carbocycles. The molecule has 1 heterocycles. The molecule has 1 saturated heterocycles. The van der Waals surface area contributed by atoms with Crippen LogP contribution in [0.25, 0.3) is 0 Å². The van der Waals surface area contributed by atoms with Crippen molar-refractivity contribution >= 4 is 5.78 Å². The van der Waals surface area contributed by atoms with E-state index in [1.54, 1.807) is 0 Å². The highest BCUT2D eigenvalue weighted by molar-refractivity contribution is 5.85. The van der Waals surface area contributed by atoms with Crippen molar-refractivity contribution in [2.45, 2.75) is 51.2 Å². The molecule has 0 radical (unpaired) electrons. The van der Waals surface area contributed by atoms with Gasteiger partial charge in [-0.05, 0) is 19.3 Å². The summed E-state index contributed by atoms with van der Waals surface area (Å²) in [7, 11) is 0. The first kappa shape index (κ1) is 10.1. The van der Waals surface area contributed by atoms with Crippen LogP contribution in [0.1, 0.15) is 39.5 Å². The number of ether oxygens (including phenoxy) is 1. The predicted octanol–water partition coefficient (Wildman–Crippen LogP) is 1.29. The van der Waals surface area contributed by atoms with E-state index < -0.39 is 5.60 Å². The quantitative estimate of drug-likeness (QED) is 0.638. The predicted molar refractivity (Wildman–Crippen MR) is 51.9 cm³/mol. The molecule has 2 unspecified atom stereocenters. The Hall–Kier alpha value is -0.410. The summed E-state index contributed by atoms with van der Waals surface area (Å²) < 4.78 is 5.68. The van der Waals surface area contributed by atoms with Crippen molar-refractivity contribution in [1.29, 1.82) is 0 Å². The Labute approximate surface area is 84.4 Å². The lowest BCUT2D eigenvalue weighted by atomic mass is 9.67. The number of carbonyl (C=O) groups is 1. The number of hydrogen-bond acceptors (Lipinski definition) is 3. The van der Waals surface area contributed by atoms with Crippen molar-refractivity contribution in [3.63, 3.8) is 0 Å². The molecule has 2 rings (SSSR count). The average Bonchev–Trinajstić information content (AvgIpc) is 2.42. The molecule has 0 aromatic rings. The van der Waals surface area contributed by atoms with E-state index in [2.05, 4.69) is 0 Å². The van der Waals surface area contributed by atoms with Crippen LogP contribution in [0.2, 0.25) is 0 Å². The highest BCUT2D eigenvalue weighted by Crippen LogP contribution is 2.45. The van der Waals surface area contributed by atoms with Crippen LogP contribution in [0.4, 0.5) is 0 Å². The molecule has 3 nitrogen and oxygen atoms in total. The molecule has 0 aromatic heterocycles. The Morgan fingerprint density at radius 1 is 1.50 bits per heavy atom. The van der Waals surface area contributed by atoms with E-state index in [4.69, 9.17) is 4.74 Å². The zero-order valence-electron chi connectivity index (χ0n) is 8.88. The largest absolute Gasteiger partial charge is 0.390 e. The van der Waals surface area contributed by atoms with Gasteiger partial charge in [-0.1, -0.05) is 13.8 Å². The number of carbonyl (C=O) groups excluding carboxylic acids is 1. The van der Waals surface area contributed by atoms with Gasteiger partial charge in [0.1, 0.15) is 5.78 Å². The van der Waals surface area contributed by atoms with Crippen LogP contribution in [0.3, 0.4) is 0 Å². The number of aliphatic hydroxyl groups is 1. The van der Waals surface area contributed by atoms with Gasteiger partial charge in [0.05, 0.1) is 18.3 Å². The molecule has 2 fully saturated rings. The maximum Gasteiger partial charge on any atom is 0.138 e. The molecule has 1 N–H and O–H groups in total. The Morgan fingerprint density at radius 3 is 2.71 bits per heavy atom. The minimum Gasteiger partial charge on any atom is -0.390 e. The molecule has 1 spiro atoms. The molecular formula is C11H18O3. The topological polar surface area (TPSA) is 46.5 Å². The van der Waals surface area contributed by atoms with Crippen LogP contribution in [0.5, 0.6) is 0 Å². The molecule has 2 atom stereocenters. The van der Waals surface area contributed by atoms with Gasteiger partial charge in [-0.3, -0.25) is 4.79 Å². The summed E-state index contributed by atoms with van der Waals surface area (Å²) in [5.74, 6) is 0.297. The molecule has 2 aliphatic rings. The highest BCUT2D eigenvalue weighted by atomic mass is 16.5. The van der Waals surface area contributed by atoms with Crippen LogP contribution in [-0.4, -0.2) is 29.2 Å². The second kappa shape index (κ2) is 3.04. The van der Waals surface area contributed by atoms with Crippen LogP contribution < -0.4 is 0 Å². The van der Waals surface area contributed by atoms with Gasteiger partial charge in [0.15, 0.2) is 0 Å². The van der Waals surface area contributed by atoms with Gasteiger partial charge in [0.25, 0.3) is 0 Å². The van der Waals surface area contributed by atoms with Crippen LogP contribution in [0.15, 0.2) is 0 Å². The molecule has 1 aliphatic carbocycles. The summed E-state index contributed by atoms with van der Waals surface area (Å²) >= 11 is 0. The van der Waals surface area contributed by atoms with Gasteiger partial charge >= 0.3 is 0 Å². The third-order valence-electron chi connectivity index (χ3n) is 3.66. The maximum absolute atomic E-state index is 11.6. The molecule has 0 bridgehead atoms. The molecule has 14 heavy (non-hydrogen) atoms. The minimum atomic E-state index is -0.419. The van der Waals surface area contributed by atoms with Gasteiger partial charge in [0, 0.05) is 11.8 Å². The van der Waals surface area contributed by atoms with Crippen molar-refractivity contribution in [3.05, 3.63) is 0 Å². The van der Waals surface area contributed by atoms with E-state index in [9.17, 15) is 9.90 Å². The normalized spacial score (nSPS) is 41.9. The summed E-state index contributed by atoms with van der Waals surface area (Å²) in [5.41, 5.74) is -0.749. The summed E-state index contributed by atoms with van der Waals surface area (Å²) in [6.45, 7) is 4.53. The second-order valence-electron chi connectivity index (χ2n) is 5.20. The van der Waals surface area contributed by atoms with E-state index in [0.717, 1.165) is 0 Å². The molecule has 80 valence electrons. The SMILES string of the molecule is CC1(C)CC2(CCC1=O)OCCC2O. The lowest BCUT2D eigenvalue weighted by Gasteiger charge is -2.42. The fourth-order valence-electron chi connectivity index (χ4n) is 2.74. The summed E-state index contributed by atoms with van der Waals surface area (Å²) in [6, 6.07) is 0. The molecule has 1 aliphatic heterocycles. The number of ketones is 1. The monoisotopic (exact) mass is 198 g/mol. The fourth-order valence-corrected chi connectivity index (χ4v) is 2.74. The molecule has 0 amide bonds. The van der Waals surface area contributed by atoms with E-state index in [1.165, 1.54) is 0 Å². The first-order chi connectivity index (χ1) is 6.46. The molecule has 3 heteroatoms. The Bertz CT molecular complexity index is 259. The Kier molecular flexibility index (Phi) is 2.20. The molecule has 0 aromatic carbocycles. The standard InChI is InChI=1S/C11H18O3/c1-10(2)7-11(5-3-8(10)12)9(13)4-6-14-11/h9,13H,3-7H2,1-2H3. The van der Waals surface area contributed by atoms with Gasteiger partial charge < -0.3 is 9.84 Å². The van der Waals surface area contributed by atoms with Gasteiger partial charge in [-0.25, -0.2) is 0 Å². The zero-order valence-corrected chi connectivity index (χ0v) is 8.88. The Morgan fingerprint density at radius 2 is 2.21 bits per heavy atom. The van der Waals surface area contributed by atoms with Crippen molar-refractivity contribution in [2.24, 2.45) is 5.41 Å². The fraction of sp³-hybridized carbons (Fsp3) is 0.909. The van der Waals surface area contributed by atoms with E-state index in [0.29, 0.717) is 38.1 Å². The van der Waals surface area contributed by atoms with E-state index in [1.807, 2.05) is 13.8 Å². The smallest absolute Gasteiger partial charge is 0.138 e. The zero-order chi connectivity index (χ0) is 10.4.